The predicted octanol–water partition coefficient (Wildman–Crippen LogP) is 3.57. The number of esters is 1. The quantitative estimate of drug-likeness (QED) is 0.369. The first-order chi connectivity index (χ1) is 10.8. The zero-order valence-corrected chi connectivity index (χ0v) is 13.1. The van der Waals surface area contributed by atoms with Gasteiger partial charge in [-0.25, -0.2) is 4.79 Å². The SMILES string of the molecule is COC(=O)c1ccc(C)c(C(=O)c2ccc([N+](=O)[O-])cc2Cl)c1. The van der Waals surface area contributed by atoms with Crippen LogP contribution in [0.2, 0.25) is 5.02 Å². The van der Waals surface area contributed by atoms with Crippen LogP contribution in [0.4, 0.5) is 5.69 Å². The van der Waals surface area contributed by atoms with Gasteiger partial charge in [-0.15, -0.1) is 0 Å². The summed E-state index contributed by atoms with van der Waals surface area (Å²) in [5.41, 5.74) is 1.09. The third-order valence-electron chi connectivity index (χ3n) is 3.31. The molecule has 0 radical (unpaired) electrons. The van der Waals surface area contributed by atoms with Crippen LogP contribution in [-0.4, -0.2) is 23.8 Å². The van der Waals surface area contributed by atoms with Crippen molar-refractivity contribution >= 4 is 29.0 Å². The van der Waals surface area contributed by atoms with Crippen LogP contribution in [0.1, 0.15) is 31.8 Å². The molecule has 0 aliphatic carbocycles. The Hall–Kier alpha value is -2.73. The number of nitro groups is 1. The molecule has 0 atom stereocenters. The maximum absolute atomic E-state index is 12.6. The van der Waals surface area contributed by atoms with Crippen molar-refractivity contribution in [1.82, 2.24) is 0 Å². The number of non-ortho nitro benzene ring substituents is 1. The summed E-state index contributed by atoms with van der Waals surface area (Å²) < 4.78 is 4.63. The van der Waals surface area contributed by atoms with Gasteiger partial charge < -0.3 is 4.74 Å². The van der Waals surface area contributed by atoms with Gasteiger partial charge in [-0.1, -0.05) is 17.7 Å². The first-order valence-corrected chi connectivity index (χ1v) is 6.90. The van der Waals surface area contributed by atoms with Crippen LogP contribution in [0.15, 0.2) is 36.4 Å². The number of ether oxygens (including phenoxy) is 1. The second kappa shape index (κ2) is 6.58. The van der Waals surface area contributed by atoms with Gasteiger partial charge >= 0.3 is 5.97 Å². The zero-order valence-electron chi connectivity index (χ0n) is 12.3. The maximum Gasteiger partial charge on any atom is 0.337 e. The molecule has 0 aromatic heterocycles. The van der Waals surface area contributed by atoms with Crippen LogP contribution in [0.5, 0.6) is 0 Å². The third kappa shape index (κ3) is 3.37. The summed E-state index contributed by atoms with van der Waals surface area (Å²) in [6.07, 6.45) is 0. The van der Waals surface area contributed by atoms with E-state index >= 15 is 0 Å². The number of benzene rings is 2. The Morgan fingerprint density at radius 3 is 2.39 bits per heavy atom. The molecule has 0 amide bonds. The number of aryl methyl sites for hydroxylation is 1. The number of rotatable bonds is 4. The molecule has 0 aliphatic rings. The van der Waals surface area contributed by atoms with Gasteiger partial charge in [-0.3, -0.25) is 14.9 Å². The molecule has 0 saturated heterocycles. The van der Waals surface area contributed by atoms with Crippen LogP contribution in [0.3, 0.4) is 0 Å². The van der Waals surface area contributed by atoms with Crippen molar-refractivity contribution in [3.63, 3.8) is 0 Å². The highest BCUT2D eigenvalue weighted by Crippen LogP contribution is 2.26. The fourth-order valence-electron chi connectivity index (χ4n) is 2.06. The number of methoxy groups -OCH3 is 1. The average Bonchev–Trinajstić information content (AvgIpc) is 2.53. The monoisotopic (exact) mass is 333 g/mol. The van der Waals surface area contributed by atoms with Crippen molar-refractivity contribution in [2.45, 2.75) is 6.92 Å². The lowest BCUT2D eigenvalue weighted by Gasteiger charge is -2.08. The predicted molar refractivity (Wildman–Crippen MR) is 84.1 cm³/mol. The van der Waals surface area contributed by atoms with Gasteiger partial charge in [-0.05, 0) is 30.7 Å². The minimum absolute atomic E-state index is 0.0212. The molecule has 6 nitrogen and oxygen atoms in total. The van der Waals surface area contributed by atoms with Gasteiger partial charge in [0.25, 0.3) is 5.69 Å². The Kier molecular flexibility index (Phi) is 4.76. The number of carbonyl (C=O) groups excluding carboxylic acids is 2. The standard InChI is InChI=1S/C16H12ClNO5/c1-9-3-4-10(16(20)23-2)7-13(9)15(19)12-6-5-11(18(21)22)8-14(12)17/h3-8H,1-2H3. The molecule has 0 aliphatic heterocycles. The van der Waals surface area contributed by atoms with Crippen LogP contribution in [0.25, 0.3) is 0 Å². The Bertz CT molecular complexity index is 816. The van der Waals surface area contributed by atoms with E-state index in [1.807, 2.05) is 0 Å². The average molecular weight is 334 g/mol. The van der Waals surface area contributed by atoms with Crippen LogP contribution in [-0.2, 0) is 4.74 Å². The molecular weight excluding hydrogens is 322 g/mol. The number of nitro benzene ring substituents is 1. The summed E-state index contributed by atoms with van der Waals surface area (Å²) >= 11 is 5.98. The fourth-order valence-corrected chi connectivity index (χ4v) is 2.32. The van der Waals surface area contributed by atoms with Crippen LogP contribution in [0, 0.1) is 17.0 Å². The largest absolute Gasteiger partial charge is 0.465 e. The number of hydrogen-bond donors (Lipinski definition) is 0. The van der Waals surface area contributed by atoms with Gasteiger partial charge in [-0.2, -0.15) is 0 Å². The highest BCUT2D eigenvalue weighted by atomic mass is 35.5. The molecular formula is C16H12ClNO5. The molecule has 7 heteroatoms. The van der Waals surface area contributed by atoms with Crippen LogP contribution >= 0.6 is 11.6 Å². The normalized spacial score (nSPS) is 10.2. The van der Waals surface area contributed by atoms with Gasteiger partial charge in [0.15, 0.2) is 5.78 Å². The lowest BCUT2D eigenvalue weighted by Crippen LogP contribution is -2.08. The van der Waals surface area contributed by atoms with E-state index in [2.05, 4.69) is 4.74 Å². The fraction of sp³-hybridized carbons (Fsp3) is 0.125. The third-order valence-corrected chi connectivity index (χ3v) is 3.62. The summed E-state index contributed by atoms with van der Waals surface area (Å²) in [5, 5.41) is 10.7. The first-order valence-electron chi connectivity index (χ1n) is 6.52. The molecule has 23 heavy (non-hydrogen) atoms. The second-order valence-corrected chi connectivity index (χ2v) is 5.18. The number of halogens is 1. The van der Waals surface area contributed by atoms with Crippen molar-refractivity contribution in [2.24, 2.45) is 0 Å². The molecule has 2 rings (SSSR count). The molecule has 0 unspecified atom stereocenters. The summed E-state index contributed by atoms with van der Waals surface area (Å²) in [5.74, 6) is -0.984. The summed E-state index contributed by atoms with van der Waals surface area (Å²) in [6, 6.07) is 8.22. The Balaban J connectivity index is 2.48. The Morgan fingerprint density at radius 1 is 1.13 bits per heavy atom. The van der Waals surface area contributed by atoms with E-state index in [0.717, 1.165) is 6.07 Å². The molecule has 0 N–H and O–H groups in total. The van der Waals surface area contributed by atoms with Gasteiger partial charge in [0.1, 0.15) is 0 Å². The minimum atomic E-state index is -0.594. The van der Waals surface area contributed by atoms with E-state index in [1.165, 1.54) is 25.3 Å². The number of nitrogens with zero attached hydrogens (tertiary/aromatic N) is 1. The molecule has 2 aromatic rings. The van der Waals surface area contributed by atoms with Crippen LogP contribution < -0.4 is 0 Å². The molecule has 0 fully saturated rings. The maximum atomic E-state index is 12.6. The van der Waals surface area contributed by atoms with Crippen molar-refractivity contribution in [3.05, 3.63) is 73.8 Å². The molecule has 118 valence electrons. The molecule has 0 saturated carbocycles. The molecule has 0 heterocycles. The Labute approximate surface area is 136 Å². The molecule has 2 aromatic carbocycles. The van der Waals surface area contributed by atoms with Crippen molar-refractivity contribution < 1.29 is 19.2 Å². The van der Waals surface area contributed by atoms with E-state index in [0.29, 0.717) is 5.56 Å². The van der Waals surface area contributed by atoms with E-state index < -0.39 is 16.7 Å². The highest BCUT2D eigenvalue weighted by molar-refractivity contribution is 6.35. The minimum Gasteiger partial charge on any atom is -0.465 e. The summed E-state index contributed by atoms with van der Waals surface area (Å²) in [7, 11) is 1.25. The summed E-state index contributed by atoms with van der Waals surface area (Å²) in [4.78, 5) is 34.3. The molecule has 0 spiro atoms. The topological polar surface area (TPSA) is 86.5 Å². The van der Waals surface area contributed by atoms with Gasteiger partial charge in [0, 0.05) is 23.3 Å². The second-order valence-electron chi connectivity index (χ2n) is 4.77. The van der Waals surface area contributed by atoms with Crippen molar-refractivity contribution in [2.75, 3.05) is 7.11 Å². The first kappa shape index (κ1) is 16.6. The number of ketones is 1. The zero-order chi connectivity index (χ0) is 17.1. The lowest BCUT2D eigenvalue weighted by molar-refractivity contribution is -0.384. The van der Waals surface area contributed by atoms with Crippen molar-refractivity contribution in [1.29, 1.82) is 0 Å². The van der Waals surface area contributed by atoms with E-state index in [1.54, 1.807) is 19.1 Å². The number of hydrogen-bond acceptors (Lipinski definition) is 5. The number of carbonyl (C=O) groups is 2. The van der Waals surface area contributed by atoms with Gasteiger partial charge in [0.2, 0.25) is 0 Å². The lowest BCUT2D eigenvalue weighted by atomic mass is 9.97. The van der Waals surface area contributed by atoms with E-state index in [9.17, 15) is 19.7 Å². The van der Waals surface area contributed by atoms with E-state index in [-0.39, 0.29) is 27.4 Å². The van der Waals surface area contributed by atoms with E-state index in [4.69, 9.17) is 11.6 Å². The Morgan fingerprint density at radius 2 is 1.83 bits per heavy atom. The smallest absolute Gasteiger partial charge is 0.337 e. The molecule has 0 bridgehead atoms. The summed E-state index contributed by atoms with van der Waals surface area (Å²) in [6.45, 7) is 1.72. The highest BCUT2D eigenvalue weighted by Gasteiger charge is 2.19. The van der Waals surface area contributed by atoms with Crippen molar-refractivity contribution in [3.8, 4) is 0 Å². The van der Waals surface area contributed by atoms with Gasteiger partial charge in [0.05, 0.1) is 22.6 Å².